The molecule has 3 heteroatoms. The SMILES string of the molecule is CCOC(C(=O)c1ccc(C)s1)c1ccccc1. The average molecular weight is 260 g/mol. The summed E-state index contributed by atoms with van der Waals surface area (Å²) < 4.78 is 5.61. The lowest BCUT2D eigenvalue weighted by molar-refractivity contribution is 0.0456. The lowest BCUT2D eigenvalue weighted by Crippen LogP contribution is -2.15. The van der Waals surface area contributed by atoms with Crippen LogP contribution in [0.5, 0.6) is 0 Å². The van der Waals surface area contributed by atoms with Crippen molar-refractivity contribution in [2.45, 2.75) is 20.0 Å². The minimum absolute atomic E-state index is 0.0427. The van der Waals surface area contributed by atoms with Crippen LogP contribution in [-0.2, 0) is 4.74 Å². The highest BCUT2D eigenvalue weighted by Gasteiger charge is 2.23. The molecule has 1 atom stereocenters. The number of rotatable bonds is 5. The summed E-state index contributed by atoms with van der Waals surface area (Å²) in [5, 5.41) is 0. The zero-order valence-electron chi connectivity index (χ0n) is 10.6. The van der Waals surface area contributed by atoms with Gasteiger partial charge in [0.1, 0.15) is 6.10 Å². The van der Waals surface area contributed by atoms with E-state index in [1.165, 1.54) is 11.3 Å². The molecule has 1 aromatic heterocycles. The number of aryl methyl sites for hydroxylation is 1. The van der Waals surface area contributed by atoms with Gasteiger partial charge in [-0.1, -0.05) is 30.3 Å². The highest BCUT2D eigenvalue weighted by Crippen LogP contribution is 2.26. The summed E-state index contributed by atoms with van der Waals surface area (Å²) in [7, 11) is 0. The Hall–Kier alpha value is -1.45. The number of benzene rings is 1. The van der Waals surface area contributed by atoms with E-state index in [0.29, 0.717) is 6.61 Å². The van der Waals surface area contributed by atoms with Crippen molar-refractivity contribution in [3.8, 4) is 0 Å². The molecule has 2 rings (SSSR count). The molecule has 1 heterocycles. The first-order valence-corrected chi connectivity index (χ1v) is 6.81. The Labute approximate surface area is 111 Å². The molecule has 1 unspecified atom stereocenters. The molecule has 18 heavy (non-hydrogen) atoms. The Kier molecular flexibility index (Phi) is 4.28. The molecule has 0 N–H and O–H groups in total. The van der Waals surface area contributed by atoms with Crippen LogP contribution in [0.3, 0.4) is 0 Å². The number of carbonyl (C=O) groups excluding carboxylic acids is 1. The molecule has 0 spiro atoms. The second kappa shape index (κ2) is 5.94. The molecule has 2 aromatic rings. The first-order valence-electron chi connectivity index (χ1n) is 5.99. The monoisotopic (exact) mass is 260 g/mol. The number of hydrogen-bond donors (Lipinski definition) is 0. The van der Waals surface area contributed by atoms with E-state index in [-0.39, 0.29) is 5.78 Å². The minimum Gasteiger partial charge on any atom is -0.366 e. The van der Waals surface area contributed by atoms with E-state index in [1.54, 1.807) is 0 Å². The quantitative estimate of drug-likeness (QED) is 0.759. The molecule has 0 saturated heterocycles. The van der Waals surface area contributed by atoms with Gasteiger partial charge in [-0.05, 0) is 31.5 Å². The van der Waals surface area contributed by atoms with E-state index in [1.807, 2.05) is 56.3 Å². The summed E-state index contributed by atoms with van der Waals surface area (Å²) in [6.45, 7) is 4.43. The third-order valence-corrected chi connectivity index (χ3v) is 3.67. The van der Waals surface area contributed by atoms with Crippen molar-refractivity contribution in [3.05, 3.63) is 57.8 Å². The summed E-state index contributed by atoms with van der Waals surface area (Å²) in [5.41, 5.74) is 0.912. The highest BCUT2D eigenvalue weighted by molar-refractivity contribution is 7.14. The van der Waals surface area contributed by atoms with Gasteiger partial charge < -0.3 is 4.74 Å². The van der Waals surface area contributed by atoms with E-state index >= 15 is 0 Å². The van der Waals surface area contributed by atoms with Crippen LogP contribution >= 0.6 is 11.3 Å². The van der Waals surface area contributed by atoms with E-state index in [4.69, 9.17) is 4.74 Å². The van der Waals surface area contributed by atoms with Crippen molar-refractivity contribution in [1.82, 2.24) is 0 Å². The van der Waals surface area contributed by atoms with Gasteiger partial charge >= 0.3 is 0 Å². The topological polar surface area (TPSA) is 26.3 Å². The first kappa shape index (κ1) is 13.0. The zero-order chi connectivity index (χ0) is 13.0. The summed E-state index contributed by atoms with van der Waals surface area (Å²) in [6, 6.07) is 13.5. The molecule has 0 amide bonds. The van der Waals surface area contributed by atoms with Gasteiger partial charge in [-0.3, -0.25) is 4.79 Å². The summed E-state index contributed by atoms with van der Waals surface area (Å²) in [4.78, 5) is 14.3. The maximum atomic E-state index is 12.4. The number of thiophene rings is 1. The molecular formula is C15H16O2S. The molecule has 1 aromatic carbocycles. The van der Waals surface area contributed by atoms with Crippen LogP contribution in [0.2, 0.25) is 0 Å². The number of hydrogen-bond acceptors (Lipinski definition) is 3. The number of ether oxygens (including phenoxy) is 1. The van der Waals surface area contributed by atoms with E-state index in [2.05, 4.69) is 0 Å². The molecule has 0 radical (unpaired) electrons. The van der Waals surface area contributed by atoms with E-state index in [0.717, 1.165) is 15.3 Å². The van der Waals surface area contributed by atoms with Crippen LogP contribution in [-0.4, -0.2) is 12.4 Å². The molecule has 0 bridgehead atoms. The Balaban J connectivity index is 2.28. The Morgan fingerprint density at radius 3 is 2.50 bits per heavy atom. The van der Waals surface area contributed by atoms with Crippen molar-refractivity contribution in [3.63, 3.8) is 0 Å². The fourth-order valence-electron chi connectivity index (χ4n) is 1.81. The van der Waals surface area contributed by atoms with Crippen molar-refractivity contribution in [2.24, 2.45) is 0 Å². The standard InChI is InChI=1S/C15H16O2S/c1-3-17-15(12-7-5-4-6-8-12)14(16)13-10-9-11(2)18-13/h4-10,15H,3H2,1-2H3. The molecule has 0 aliphatic carbocycles. The predicted octanol–water partition coefficient (Wildman–Crippen LogP) is 4.02. The highest BCUT2D eigenvalue weighted by atomic mass is 32.1. The smallest absolute Gasteiger partial charge is 0.206 e. The van der Waals surface area contributed by atoms with Crippen LogP contribution in [0.1, 0.15) is 33.1 Å². The molecule has 0 aliphatic heterocycles. The van der Waals surface area contributed by atoms with Crippen LogP contribution in [0.15, 0.2) is 42.5 Å². The van der Waals surface area contributed by atoms with Gasteiger partial charge in [-0.25, -0.2) is 0 Å². The molecule has 0 aliphatic rings. The van der Waals surface area contributed by atoms with Gasteiger partial charge in [0.05, 0.1) is 4.88 Å². The third kappa shape index (κ3) is 2.86. The predicted molar refractivity (Wildman–Crippen MR) is 74.2 cm³/mol. The van der Waals surface area contributed by atoms with Crippen LogP contribution in [0.25, 0.3) is 0 Å². The Morgan fingerprint density at radius 2 is 1.94 bits per heavy atom. The van der Waals surface area contributed by atoms with E-state index in [9.17, 15) is 4.79 Å². The van der Waals surface area contributed by atoms with Gasteiger partial charge in [0.15, 0.2) is 0 Å². The molecule has 0 saturated carbocycles. The summed E-state index contributed by atoms with van der Waals surface area (Å²) >= 11 is 1.52. The van der Waals surface area contributed by atoms with E-state index < -0.39 is 6.10 Å². The second-order valence-corrected chi connectivity index (χ2v) is 5.31. The van der Waals surface area contributed by atoms with Crippen molar-refractivity contribution < 1.29 is 9.53 Å². The van der Waals surface area contributed by atoms with Gasteiger partial charge in [0.2, 0.25) is 5.78 Å². The number of carbonyl (C=O) groups is 1. The van der Waals surface area contributed by atoms with Crippen molar-refractivity contribution in [1.29, 1.82) is 0 Å². The van der Waals surface area contributed by atoms with Crippen LogP contribution in [0, 0.1) is 6.92 Å². The lowest BCUT2D eigenvalue weighted by atomic mass is 10.0. The second-order valence-electron chi connectivity index (χ2n) is 4.02. The fraction of sp³-hybridized carbons (Fsp3) is 0.267. The van der Waals surface area contributed by atoms with Gasteiger partial charge in [0.25, 0.3) is 0 Å². The van der Waals surface area contributed by atoms with Gasteiger partial charge in [-0.15, -0.1) is 11.3 Å². The number of ketones is 1. The molecule has 94 valence electrons. The van der Waals surface area contributed by atoms with Gasteiger partial charge in [0, 0.05) is 11.5 Å². The largest absolute Gasteiger partial charge is 0.366 e. The molecule has 2 nitrogen and oxygen atoms in total. The maximum Gasteiger partial charge on any atom is 0.206 e. The number of Topliss-reactive ketones (excluding diaryl/α,β-unsaturated/α-hetero) is 1. The summed E-state index contributed by atoms with van der Waals surface area (Å²) in [5.74, 6) is 0.0427. The third-order valence-electron chi connectivity index (χ3n) is 2.66. The van der Waals surface area contributed by atoms with Crippen LogP contribution < -0.4 is 0 Å². The Morgan fingerprint density at radius 1 is 1.22 bits per heavy atom. The fourth-order valence-corrected chi connectivity index (χ4v) is 2.64. The minimum atomic E-state index is -0.491. The van der Waals surface area contributed by atoms with Gasteiger partial charge in [-0.2, -0.15) is 0 Å². The Bertz CT molecular complexity index is 516. The molecule has 0 fully saturated rings. The average Bonchev–Trinajstić information content (AvgIpc) is 2.83. The normalized spacial score (nSPS) is 12.3. The summed E-state index contributed by atoms with van der Waals surface area (Å²) in [6.07, 6.45) is -0.491. The zero-order valence-corrected chi connectivity index (χ0v) is 11.4. The maximum absolute atomic E-state index is 12.4. The lowest BCUT2D eigenvalue weighted by Gasteiger charge is -2.15. The van der Waals surface area contributed by atoms with Crippen molar-refractivity contribution >= 4 is 17.1 Å². The molecular weight excluding hydrogens is 244 g/mol. The first-order chi connectivity index (χ1) is 8.72. The van der Waals surface area contributed by atoms with Crippen LogP contribution in [0.4, 0.5) is 0 Å². The van der Waals surface area contributed by atoms with Crippen molar-refractivity contribution in [2.75, 3.05) is 6.61 Å².